The fraction of sp³-hybridized carbons (Fsp3) is 0.745. The largest absolute Gasteiger partial charge is 0.373 e. The number of allylic oxidation sites excluding steroid dienone is 1. The normalized spacial score (nSPS) is 14.2. The minimum Gasteiger partial charge on any atom is -0.373 e. The average molecular weight is 1970 g/mol. The minimum absolute atomic E-state index is 0.000694. The lowest BCUT2D eigenvalue weighted by atomic mass is 9.91. The number of alkyl halides is 3. The number of aromatic nitrogens is 1. The van der Waals surface area contributed by atoms with Crippen LogP contribution in [-0.2, 0) is 59.2 Å². The summed E-state index contributed by atoms with van der Waals surface area (Å²) in [6, 6.07) is 9.86. The SMILES string of the molecule is C/C=C/C(=O)NCC(C)(C)C.C=CC(=O)N(C)CCC(C)(C)C.C=CC(=O)NCC(C)(C)C.C=CC(=O)NCCC(C)(C)C.CC(C)(C)C1CO1.CC(C)(C)CC1CO1.CC(C)(C)CCNC(=O)CCl.CC(C)(C)CNC(=O)C1(C#N)CC1.CC(C)(C)CNC(=O)CCl.CC(C)(C)Cn1sc2ccccc2c1=O.CN(C)C/C=C/C(=O)NCC(C)(C)C.CN(CCC(C)(C)C)C(=O)CCl. The number of nitriles is 1. The lowest BCUT2D eigenvalue weighted by Gasteiger charge is -2.23. The van der Waals surface area contributed by atoms with Crippen LogP contribution in [0.5, 0.6) is 0 Å². The number of fused-ring (bicyclic) bond motifs is 1. The number of carbonyl (C=O) groups excluding carboxylic acids is 9. The van der Waals surface area contributed by atoms with E-state index >= 15 is 0 Å². The summed E-state index contributed by atoms with van der Waals surface area (Å²) >= 11 is 17.5. The molecule has 1 aromatic heterocycles. The van der Waals surface area contributed by atoms with Gasteiger partial charge in [0.2, 0.25) is 53.2 Å². The molecule has 2 unspecified atom stereocenters. The molecule has 1 saturated carbocycles. The number of carbonyl (C=O) groups is 9. The van der Waals surface area contributed by atoms with Gasteiger partial charge in [0.05, 0.1) is 41.6 Å². The molecular formula is C106H195Cl3N12O12S. The molecule has 2 aromatic rings. The molecule has 28 heteroatoms. The molecule has 1 aromatic carbocycles. The first-order valence-electron chi connectivity index (χ1n) is 47.0. The molecule has 0 radical (unpaired) electrons. The molecule has 24 nitrogen and oxygen atoms in total. The third kappa shape index (κ3) is 102. The number of hydrogen-bond donors (Lipinski definition) is 7. The Morgan fingerprint density at radius 1 is 0.478 bits per heavy atom. The van der Waals surface area contributed by atoms with E-state index in [1.165, 1.54) is 30.7 Å². The highest BCUT2D eigenvalue weighted by molar-refractivity contribution is 7.13. The molecule has 5 rings (SSSR count). The Bertz CT molecular complexity index is 3840. The van der Waals surface area contributed by atoms with Crippen molar-refractivity contribution in [1.29, 1.82) is 5.26 Å². The van der Waals surface area contributed by atoms with Gasteiger partial charge in [-0.1, -0.05) is 305 Å². The van der Waals surface area contributed by atoms with Crippen molar-refractivity contribution in [2.75, 3.05) is 124 Å². The summed E-state index contributed by atoms with van der Waals surface area (Å²) in [5, 5.41) is 28.9. The summed E-state index contributed by atoms with van der Waals surface area (Å²) in [6.07, 6.45) is 18.4. The Hall–Kier alpha value is -6.92. The van der Waals surface area contributed by atoms with Crippen molar-refractivity contribution < 1.29 is 52.6 Å². The van der Waals surface area contributed by atoms with Crippen LogP contribution in [0.2, 0.25) is 0 Å². The van der Waals surface area contributed by atoms with E-state index in [4.69, 9.17) is 49.5 Å². The molecule has 2 aliphatic heterocycles. The topological polar surface area (TPSA) is 318 Å². The molecule has 2 atom stereocenters. The molecule has 3 aliphatic rings. The minimum atomic E-state index is -0.675. The Morgan fingerprint density at radius 2 is 0.851 bits per heavy atom. The van der Waals surface area contributed by atoms with Crippen LogP contribution in [0.3, 0.4) is 0 Å². The average Bonchev–Trinajstić information content (AvgIpc) is 1.64. The number of halogens is 3. The van der Waals surface area contributed by atoms with Crippen molar-refractivity contribution in [3.63, 3.8) is 0 Å². The van der Waals surface area contributed by atoms with E-state index < -0.39 is 5.41 Å². The van der Waals surface area contributed by atoms with Gasteiger partial charge in [-0.25, -0.2) is 0 Å². The van der Waals surface area contributed by atoms with Gasteiger partial charge >= 0.3 is 0 Å². The van der Waals surface area contributed by atoms with Crippen molar-refractivity contribution in [2.45, 2.75) is 320 Å². The van der Waals surface area contributed by atoms with Crippen LogP contribution < -0.4 is 42.8 Å². The summed E-state index contributed by atoms with van der Waals surface area (Å²) in [7, 11) is 7.53. The Morgan fingerprint density at radius 3 is 1.16 bits per heavy atom. The zero-order chi connectivity index (χ0) is 107. The summed E-state index contributed by atoms with van der Waals surface area (Å²) in [5.41, 5.74) is 2.27. The first kappa shape index (κ1) is 140. The van der Waals surface area contributed by atoms with Crippen LogP contribution in [0.1, 0.15) is 301 Å². The van der Waals surface area contributed by atoms with Crippen LogP contribution in [0.25, 0.3) is 10.1 Å². The highest BCUT2D eigenvalue weighted by Crippen LogP contribution is 2.45. The van der Waals surface area contributed by atoms with Gasteiger partial charge in [-0.15, -0.1) is 34.8 Å². The van der Waals surface area contributed by atoms with Gasteiger partial charge in [0.1, 0.15) is 23.1 Å². The smallest absolute Gasteiger partial charge is 0.268 e. The van der Waals surface area contributed by atoms with Crippen molar-refractivity contribution >= 4 is 110 Å². The molecule has 1 aliphatic carbocycles. The van der Waals surface area contributed by atoms with Crippen LogP contribution in [0, 0.1) is 81.7 Å². The number of ether oxygens (including phenoxy) is 2. The predicted molar refractivity (Wildman–Crippen MR) is 571 cm³/mol. The number of hydrogen-bond acceptors (Lipinski definition) is 15. The number of benzene rings is 1. The Balaban J connectivity index is -0.000000264. The summed E-state index contributed by atoms with van der Waals surface area (Å²) < 4.78 is 13.1. The summed E-state index contributed by atoms with van der Waals surface area (Å²) in [6.45, 7) is 98.7. The van der Waals surface area contributed by atoms with E-state index in [1.807, 2.05) is 60.2 Å². The van der Waals surface area contributed by atoms with Crippen LogP contribution in [0.4, 0.5) is 0 Å². The molecule has 134 heavy (non-hydrogen) atoms. The van der Waals surface area contributed by atoms with Gasteiger partial charge < -0.3 is 61.4 Å². The number of amides is 9. The maximum atomic E-state index is 12.0. The van der Waals surface area contributed by atoms with Crippen molar-refractivity contribution in [2.24, 2.45) is 70.4 Å². The monoisotopic (exact) mass is 1970 g/mol. The molecule has 778 valence electrons. The van der Waals surface area contributed by atoms with E-state index in [1.54, 1.807) is 47.6 Å². The third-order valence-corrected chi connectivity index (χ3v) is 19.4. The van der Waals surface area contributed by atoms with Crippen molar-refractivity contribution in [3.8, 4) is 6.07 Å². The van der Waals surface area contributed by atoms with Crippen LogP contribution >= 0.6 is 46.3 Å². The lowest BCUT2D eigenvalue weighted by Crippen LogP contribution is -2.37. The van der Waals surface area contributed by atoms with Gasteiger partial charge in [-0.2, -0.15) is 5.26 Å². The third-order valence-electron chi connectivity index (χ3n) is 17.6. The number of likely N-dealkylation sites (N-methyl/N-ethyl adjacent to an activating group) is 2. The van der Waals surface area contributed by atoms with Gasteiger partial charge in [0.15, 0.2) is 0 Å². The number of nitrogens with zero attached hydrogens (tertiary/aromatic N) is 5. The highest BCUT2D eigenvalue weighted by atomic mass is 35.5. The maximum Gasteiger partial charge on any atom is 0.268 e. The zero-order valence-electron chi connectivity index (χ0n) is 92.1. The zero-order valence-corrected chi connectivity index (χ0v) is 95.2. The number of nitrogens with one attached hydrogen (secondary N) is 7. The second-order valence-corrected chi connectivity index (χ2v) is 50.5. The maximum absolute atomic E-state index is 12.0. The molecule has 0 bridgehead atoms. The quantitative estimate of drug-likeness (QED) is 0.0262. The number of rotatable bonds is 26. The molecule has 7 N–H and O–H groups in total. The molecule has 9 amide bonds. The van der Waals surface area contributed by atoms with E-state index in [9.17, 15) is 47.9 Å². The van der Waals surface area contributed by atoms with Gasteiger partial charge in [0.25, 0.3) is 5.56 Å². The molecule has 3 fully saturated rings. The van der Waals surface area contributed by atoms with Gasteiger partial charge in [0, 0.05) is 92.2 Å². The van der Waals surface area contributed by atoms with Gasteiger partial charge in [-0.3, -0.25) is 51.9 Å². The Kier molecular flexibility index (Phi) is 71.3. The van der Waals surface area contributed by atoms with E-state index in [0.717, 1.165) is 108 Å². The Labute approximate surface area is 835 Å². The summed E-state index contributed by atoms with van der Waals surface area (Å²) in [5.74, 6) is -0.299. The van der Waals surface area contributed by atoms with Crippen molar-refractivity contribution in [3.05, 3.63) is 96.9 Å². The first-order chi connectivity index (χ1) is 60.4. The standard InChI is InChI=1S/C12H15NOS.C11H22N2O.C10H16N2O.C10H19NO.C9H18ClNO.2C9H17NO.C8H16ClNO.C8H15NO.C7H14ClNO.C7H14O.C6H12O/c1-12(2,3)8-13-11(14)9-6-4-5-7-10(9)15-13;1-11(2,3)9-12-10(14)7-6-8-13(4)5;1-9(2,3)7-12-8(13)10(6-11)4-5-10;1-6-9(12)11(5)8-7-10(2,3)4;1-9(2,3)5-6-11(4)8(12)7-10;1-5-8(11)10-7-6-9(2,3)4;1-5-6-8(11)10-7-9(2,3)4;1-8(2,3)4-5-10-7(11)6-9;1-5-7(10)9-6-8(2,3)4;1-7(2,3)5-9-6(10)4-8;1-7(2,3)4-6-5-8-6;1-6(2,3)5-4-7-5/h4-7H,8H2,1-3H3;6-7H,8-9H2,1-5H3,(H,12,14);4-5,7H2,1-3H3,(H,12,13);6H,1,7-8H2,2-5H3;5-7H2,1-4H3;5H,1,6-7H2,2-4H3,(H,10,11);5-6H,7H2,1-4H3,(H,10,11);4-6H2,1-3H3,(H,10,11);5H,1,6H2,2-4H3,(H,9,10);4-5H2,1-3H3,(H,9,10);6H,4-5H2,1-3H3;5H,4H2,1-3H3/b;7-6+;;;;;6-5+;;;;;. The lowest BCUT2D eigenvalue weighted by molar-refractivity contribution is -0.127. The molecule has 2 saturated heterocycles. The van der Waals surface area contributed by atoms with Crippen LogP contribution in [-0.4, -0.2) is 209 Å². The fourth-order valence-corrected chi connectivity index (χ4v) is 10.6. The predicted octanol–water partition coefficient (Wildman–Crippen LogP) is 21.2. The number of epoxide rings is 2. The van der Waals surface area contributed by atoms with Gasteiger partial charge in [-0.05, 0) is 167 Å². The second kappa shape index (κ2) is 68.2. The second-order valence-electron chi connectivity index (χ2n) is 48.6. The first-order valence-corrected chi connectivity index (χ1v) is 49.4. The molecule has 3 heterocycles. The van der Waals surface area contributed by atoms with Crippen LogP contribution in [0.15, 0.2) is 91.3 Å². The van der Waals surface area contributed by atoms with E-state index in [2.05, 4.69) is 312 Å². The fourth-order valence-electron chi connectivity index (χ4n) is 8.93. The highest BCUT2D eigenvalue weighted by Gasteiger charge is 2.50. The van der Waals surface area contributed by atoms with E-state index in [-0.39, 0.29) is 131 Å². The molecular weight excluding hydrogens is 1770 g/mol. The summed E-state index contributed by atoms with van der Waals surface area (Å²) in [4.78, 5) is 116. The van der Waals surface area contributed by atoms with Crippen molar-refractivity contribution in [1.82, 2.24) is 55.9 Å². The van der Waals surface area contributed by atoms with E-state index in [0.29, 0.717) is 49.2 Å². The molecule has 0 spiro atoms.